The van der Waals surface area contributed by atoms with E-state index in [4.69, 9.17) is 11.6 Å². The summed E-state index contributed by atoms with van der Waals surface area (Å²) in [6, 6.07) is 3.48. The van der Waals surface area contributed by atoms with Crippen LogP contribution >= 0.6 is 11.6 Å². The Balaban J connectivity index is 2.38. The molecule has 0 bridgehead atoms. The summed E-state index contributed by atoms with van der Waals surface area (Å²) in [5, 5.41) is 2.62. The van der Waals surface area contributed by atoms with Gasteiger partial charge in [0.05, 0.1) is 11.3 Å². The van der Waals surface area contributed by atoms with Crippen molar-refractivity contribution < 1.29 is 18.0 Å². The molecule has 0 radical (unpaired) electrons. The predicted molar refractivity (Wildman–Crippen MR) is 69.6 cm³/mol. The van der Waals surface area contributed by atoms with E-state index in [9.17, 15) is 18.0 Å². The van der Waals surface area contributed by atoms with Crippen LogP contribution in [0.1, 0.15) is 17.2 Å². The number of alkyl halides is 3. The van der Waals surface area contributed by atoms with Gasteiger partial charge < -0.3 is 5.32 Å². The minimum atomic E-state index is -4.47. The van der Waals surface area contributed by atoms with Crippen molar-refractivity contribution in [3.8, 4) is 0 Å². The molecule has 0 saturated heterocycles. The van der Waals surface area contributed by atoms with Crippen LogP contribution in [0.2, 0.25) is 0 Å². The molecular weight excluding hydrogens is 293 g/mol. The number of aliphatic imine (C=N–C) groups is 1. The fraction of sp³-hybridized carbons (Fsp3) is 0.231. The monoisotopic (exact) mass is 302 g/mol. The van der Waals surface area contributed by atoms with Crippen LogP contribution in [-0.2, 0) is 11.0 Å². The number of dihydropyridines is 1. The smallest absolute Gasteiger partial charge is 0.386 e. The first-order valence-electron chi connectivity index (χ1n) is 5.66. The second-order valence-electron chi connectivity index (χ2n) is 4.15. The Morgan fingerprint density at radius 2 is 2.05 bits per heavy atom. The Bertz CT molecular complexity index is 608. The van der Waals surface area contributed by atoms with E-state index < -0.39 is 23.6 Å². The fourth-order valence-electron chi connectivity index (χ4n) is 1.82. The summed E-state index contributed by atoms with van der Waals surface area (Å²) in [5.41, 5.74) is -0.313. The summed E-state index contributed by atoms with van der Waals surface area (Å²) >= 11 is 5.86. The molecule has 0 fully saturated rings. The summed E-state index contributed by atoms with van der Waals surface area (Å²) in [6.07, 6.45) is -3.12. The van der Waals surface area contributed by atoms with Gasteiger partial charge in [-0.1, -0.05) is 23.7 Å². The second-order valence-corrected chi connectivity index (χ2v) is 4.52. The zero-order chi connectivity index (χ0) is 14.9. The van der Waals surface area contributed by atoms with Crippen molar-refractivity contribution in [1.82, 2.24) is 5.32 Å². The molecule has 1 heterocycles. The molecule has 1 aromatic rings. The average Bonchev–Trinajstić information content (AvgIpc) is 2.41. The van der Waals surface area contributed by atoms with E-state index in [-0.39, 0.29) is 10.6 Å². The molecule has 0 amide bonds. The molecule has 1 aliphatic rings. The van der Waals surface area contributed by atoms with Crippen molar-refractivity contribution in [2.24, 2.45) is 4.99 Å². The van der Waals surface area contributed by atoms with Crippen molar-refractivity contribution in [2.75, 3.05) is 7.05 Å². The van der Waals surface area contributed by atoms with Gasteiger partial charge in [0, 0.05) is 13.3 Å². The number of ketones is 1. The number of rotatable bonds is 2. The summed E-state index contributed by atoms with van der Waals surface area (Å²) in [6.45, 7) is 0. The molecule has 1 atom stereocenters. The first-order chi connectivity index (χ1) is 9.34. The highest BCUT2D eigenvalue weighted by Crippen LogP contribution is 2.33. The van der Waals surface area contributed by atoms with Crippen LogP contribution in [0.25, 0.3) is 0 Å². The van der Waals surface area contributed by atoms with Crippen LogP contribution < -0.4 is 5.32 Å². The van der Waals surface area contributed by atoms with Crippen LogP contribution in [0.15, 0.2) is 40.0 Å². The molecule has 106 valence electrons. The molecule has 1 aliphatic heterocycles. The topological polar surface area (TPSA) is 41.5 Å². The summed E-state index contributed by atoms with van der Waals surface area (Å²) in [5.74, 6) is -0.530. The number of benzene rings is 1. The molecule has 0 aromatic heterocycles. The first kappa shape index (κ1) is 14.6. The Labute approximate surface area is 118 Å². The maximum absolute atomic E-state index is 12.7. The number of nitrogens with one attached hydrogen (secondary N) is 1. The van der Waals surface area contributed by atoms with Crippen molar-refractivity contribution in [3.05, 3.63) is 46.1 Å². The lowest BCUT2D eigenvalue weighted by Gasteiger charge is -2.18. The van der Waals surface area contributed by atoms with Gasteiger partial charge in [-0.2, -0.15) is 13.2 Å². The maximum Gasteiger partial charge on any atom is 0.416 e. The highest BCUT2D eigenvalue weighted by atomic mass is 35.5. The van der Waals surface area contributed by atoms with Gasteiger partial charge in [0.2, 0.25) is 5.78 Å². The normalized spacial score (nSPS) is 19.4. The van der Waals surface area contributed by atoms with Gasteiger partial charge in [-0.3, -0.25) is 9.79 Å². The van der Waals surface area contributed by atoms with Gasteiger partial charge in [0.25, 0.3) is 0 Å². The molecule has 3 nitrogen and oxygen atoms in total. The van der Waals surface area contributed by atoms with Gasteiger partial charge in [-0.25, -0.2) is 0 Å². The third kappa shape index (κ3) is 2.70. The lowest BCUT2D eigenvalue weighted by molar-refractivity contribution is -0.137. The van der Waals surface area contributed by atoms with Gasteiger partial charge in [-0.15, -0.1) is 0 Å². The van der Waals surface area contributed by atoms with Crippen molar-refractivity contribution in [3.63, 3.8) is 0 Å². The number of nitrogens with zero attached hydrogens (tertiary/aromatic N) is 1. The van der Waals surface area contributed by atoms with E-state index >= 15 is 0 Å². The van der Waals surface area contributed by atoms with Gasteiger partial charge in [-0.05, 0) is 17.7 Å². The predicted octanol–water partition coefficient (Wildman–Crippen LogP) is 3.07. The first-order valence-corrected chi connectivity index (χ1v) is 6.04. The van der Waals surface area contributed by atoms with Crippen molar-refractivity contribution in [1.29, 1.82) is 0 Å². The van der Waals surface area contributed by atoms with Gasteiger partial charge in [0.15, 0.2) is 0 Å². The molecule has 20 heavy (non-hydrogen) atoms. The lowest BCUT2D eigenvalue weighted by Crippen LogP contribution is -2.22. The summed E-state index contributed by atoms with van der Waals surface area (Å²) in [4.78, 5) is 16.0. The van der Waals surface area contributed by atoms with E-state index in [0.29, 0.717) is 5.70 Å². The molecule has 7 heteroatoms. The maximum atomic E-state index is 12.7. The van der Waals surface area contributed by atoms with Crippen LogP contribution in [0.5, 0.6) is 0 Å². The molecule has 1 aromatic carbocycles. The van der Waals surface area contributed by atoms with Crippen LogP contribution in [0, 0.1) is 0 Å². The zero-order valence-electron chi connectivity index (χ0n) is 10.3. The third-order valence-corrected chi connectivity index (χ3v) is 3.24. The quantitative estimate of drug-likeness (QED) is 0.912. The minimum Gasteiger partial charge on any atom is -0.386 e. The fourth-order valence-corrected chi connectivity index (χ4v) is 2.07. The number of carbonyl (C=O) groups is 1. The Kier molecular flexibility index (Phi) is 3.85. The van der Waals surface area contributed by atoms with E-state index in [1.54, 1.807) is 7.05 Å². The molecule has 0 aliphatic carbocycles. The molecular formula is C13H10ClF3N2O. The van der Waals surface area contributed by atoms with Crippen molar-refractivity contribution >= 4 is 23.6 Å². The minimum absolute atomic E-state index is 0.0649. The Morgan fingerprint density at radius 1 is 1.35 bits per heavy atom. The summed E-state index contributed by atoms with van der Waals surface area (Å²) in [7, 11) is 1.57. The van der Waals surface area contributed by atoms with Gasteiger partial charge in [0.1, 0.15) is 11.1 Å². The Morgan fingerprint density at radius 3 is 2.65 bits per heavy atom. The third-order valence-electron chi connectivity index (χ3n) is 2.85. The van der Waals surface area contributed by atoms with Crippen LogP contribution in [-0.4, -0.2) is 19.0 Å². The molecule has 1 N–H and O–H groups in total. The number of carbonyl (C=O) groups excluding carboxylic acids is 1. The van der Waals surface area contributed by atoms with E-state index in [0.717, 1.165) is 12.1 Å². The van der Waals surface area contributed by atoms with Crippen molar-refractivity contribution in [2.45, 2.75) is 12.2 Å². The molecule has 2 rings (SSSR count). The SMILES string of the molecule is CNC1=C(Cl)C(=O)C(c2cccc(C(F)(F)F)c2)N=C1. The molecule has 1 unspecified atom stereocenters. The Hall–Kier alpha value is -1.82. The van der Waals surface area contributed by atoms with Crippen LogP contribution in [0.3, 0.4) is 0 Å². The van der Waals surface area contributed by atoms with E-state index in [2.05, 4.69) is 10.3 Å². The van der Waals surface area contributed by atoms with E-state index in [1.807, 2.05) is 0 Å². The average molecular weight is 303 g/mol. The standard InChI is InChI=1S/C13H10ClF3N2O/c1-18-9-6-19-11(12(20)10(9)14)7-3-2-4-8(5-7)13(15,16)17/h2-6,11,18H,1H3. The second kappa shape index (κ2) is 5.28. The number of hydrogen-bond acceptors (Lipinski definition) is 3. The molecule has 0 saturated carbocycles. The number of halogens is 4. The highest BCUT2D eigenvalue weighted by Gasteiger charge is 2.33. The number of Topliss-reactive ketones (excluding diaryl/α,β-unsaturated/α-hetero) is 1. The van der Waals surface area contributed by atoms with Gasteiger partial charge >= 0.3 is 6.18 Å². The molecule has 0 spiro atoms. The zero-order valence-corrected chi connectivity index (χ0v) is 11.1. The number of allylic oxidation sites excluding steroid dienone is 1. The highest BCUT2D eigenvalue weighted by molar-refractivity contribution is 6.45. The lowest BCUT2D eigenvalue weighted by atomic mass is 9.98. The number of hydrogen-bond donors (Lipinski definition) is 1. The summed E-state index contributed by atoms with van der Waals surface area (Å²) < 4.78 is 38.0. The largest absolute Gasteiger partial charge is 0.416 e. The van der Waals surface area contributed by atoms with E-state index in [1.165, 1.54) is 18.3 Å². The van der Waals surface area contributed by atoms with Crippen LogP contribution in [0.4, 0.5) is 13.2 Å².